The lowest BCUT2D eigenvalue weighted by Crippen LogP contribution is -1.99. The molecule has 0 aliphatic carbocycles. The molecule has 1 aromatic carbocycles. The average molecular weight is 234 g/mol. The van der Waals surface area contributed by atoms with E-state index in [0.717, 1.165) is 5.56 Å². The number of aromatic nitrogens is 2. The fourth-order valence-electron chi connectivity index (χ4n) is 1.43. The van der Waals surface area contributed by atoms with E-state index in [0.29, 0.717) is 12.2 Å². The van der Waals surface area contributed by atoms with E-state index in [1.165, 1.54) is 0 Å². The third-order valence-corrected chi connectivity index (χ3v) is 2.19. The van der Waals surface area contributed by atoms with Crippen LogP contribution in [0.4, 0.5) is 0 Å². The van der Waals surface area contributed by atoms with Crippen LogP contribution in [0.5, 0.6) is 5.75 Å². The molecule has 6 heteroatoms. The smallest absolute Gasteiger partial charge is 0.377 e. The maximum atomic E-state index is 10.6. The second-order valence-corrected chi connectivity index (χ2v) is 3.31. The molecule has 88 valence electrons. The summed E-state index contributed by atoms with van der Waals surface area (Å²) < 4.78 is 10.00. The first-order chi connectivity index (χ1) is 8.20. The monoisotopic (exact) mass is 234 g/mol. The fraction of sp³-hybridized carbons (Fsp3) is 0.182. The Balaban J connectivity index is 2.22. The number of carbonyl (C=O) groups is 1. The van der Waals surface area contributed by atoms with Gasteiger partial charge in [-0.05, 0) is 11.2 Å². The lowest BCUT2D eigenvalue weighted by Gasteiger charge is -2.04. The number of benzene rings is 1. The Kier molecular flexibility index (Phi) is 3.04. The van der Waals surface area contributed by atoms with Crippen LogP contribution in [-0.2, 0) is 6.42 Å². The number of carboxylic acid groups (broad SMARTS) is 1. The summed E-state index contributed by atoms with van der Waals surface area (Å²) in [4.78, 5) is 14.3. The van der Waals surface area contributed by atoms with Gasteiger partial charge in [-0.25, -0.2) is 4.79 Å². The van der Waals surface area contributed by atoms with Gasteiger partial charge in [0.2, 0.25) is 5.89 Å². The predicted molar refractivity (Wildman–Crippen MR) is 57.1 cm³/mol. The van der Waals surface area contributed by atoms with Crippen LogP contribution in [-0.4, -0.2) is 28.3 Å². The molecule has 6 nitrogen and oxygen atoms in total. The molecule has 0 spiro atoms. The van der Waals surface area contributed by atoms with E-state index in [9.17, 15) is 4.79 Å². The summed E-state index contributed by atoms with van der Waals surface area (Å²) in [6.45, 7) is 0. The van der Waals surface area contributed by atoms with Gasteiger partial charge in [-0.15, -0.1) is 0 Å². The van der Waals surface area contributed by atoms with Crippen molar-refractivity contribution in [3.05, 3.63) is 41.5 Å². The minimum atomic E-state index is -1.21. The van der Waals surface area contributed by atoms with Gasteiger partial charge < -0.3 is 14.4 Å². The van der Waals surface area contributed by atoms with Gasteiger partial charge in [0.1, 0.15) is 5.75 Å². The van der Waals surface area contributed by atoms with Crippen molar-refractivity contribution in [1.29, 1.82) is 0 Å². The number of nitrogens with zero attached hydrogens (tertiary/aromatic N) is 2. The van der Waals surface area contributed by atoms with Crippen molar-refractivity contribution in [3.63, 3.8) is 0 Å². The second-order valence-electron chi connectivity index (χ2n) is 3.31. The standard InChI is InChI=1S/C11H10N2O4/c1-16-8-5-3-2-4-7(8)6-9-12-10(11(14)15)13-17-9/h2-5H,6H2,1H3,(H,14,15). The molecule has 17 heavy (non-hydrogen) atoms. The number of hydrogen-bond acceptors (Lipinski definition) is 5. The molecule has 0 amide bonds. The van der Waals surface area contributed by atoms with E-state index in [2.05, 4.69) is 10.1 Å². The lowest BCUT2D eigenvalue weighted by molar-refractivity contribution is 0.0680. The molecule has 2 rings (SSSR count). The molecule has 0 aliphatic heterocycles. The maximum absolute atomic E-state index is 10.6. The van der Waals surface area contributed by atoms with Crippen LogP contribution in [0.25, 0.3) is 0 Å². The van der Waals surface area contributed by atoms with E-state index in [1.54, 1.807) is 7.11 Å². The van der Waals surface area contributed by atoms with Crippen molar-refractivity contribution >= 4 is 5.97 Å². The Bertz CT molecular complexity index is 536. The van der Waals surface area contributed by atoms with Gasteiger partial charge in [-0.1, -0.05) is 18.2 Å². The van der Waals surface area contributed by atoms with Crippen molar-refractivity contribution in [1.82, 2.24) is 10.1 Å². The van der Waals surface area contributed by atoms with Gasteiger partial charge in [-0.3, -0.25) is 0 Å². The van der Waals surface area contributed by atoms with Gasteiger partial charge in [0.25, 0.3) is 5.82 Å². The SMILES string of the molecule is COc1ccccc1Cc1nc(C(=O)O)no1. The van der Waals surface area contributed by atoms with Crippen molar-refractivity contribution in [3.8, 4) is 5.75 Å². The summed E-state index contributed by atoms with van der Waals surface area (Å²) in [6.07, 6.45) is 0.338. The molecular weight excluding hydrogens is 224 g/mol. The average Bonchev–Trinajstić information content (AvgIpc) is 2.78. The second kappa shape index (κ2) is 4.65. The summed E-state index contributed by atoms with van der Waals surface area (Å²) in [6, 6.07) is 7.36. The molecule has 0 radical (unpaired) electrons. The van der Waals surface area contributed by atoms with Gasteiger partial charge in [0.15, 0.2) is 0 Å². The van der Waals surface area contributed by atoms with Crippen LogP contribution >= 0.6 is 0 Å². The first kappa shape index (κ1) is 11.1. The van der Waals surface area contributed by atoms with E-state index in [4.69, 9.17) is 14.4 Å². The van der Waals surface area contributed by atoms with Crippen LogP contribution in [0.2, 0.25) is 0 Å². The molecule has 0 saturated carbocycles. The Morgan fingerprint density at radius 2 is 2.24 bits per heavy atom. The number of rotatable bonds is 4. The van der Waals surface area contributed by atoms with Crippen LogP contribution in [0, 0.1) is 0 Å². The first-order valence-corrected chi connectivity index (χ1v) is 4.88. The minimum Gasteiger partial charge on any atom is -0.496 e. The Labute approximate surface area is 96.8 Å². The molecular formula is C11H10N2O4. The van der Waals surface area contributed by atoms with Crippen LogP contribution in [0.1, 0.15) is 22.1 Å². The highest BCUT2D eigenvalue weighted by molar-refractivity contribution is 5.82. The van der Waals surface area contributed by atoms with E-state index >= 15 is 0 Å². The topological polar surface area (TPSA) is 85.5 Å². The Morgan fingerprint density at radius 1 is 1.47 bits per heavy atom. The van der Waals surface area contributed by atoms with Gasteiger partial charge in [0.05, 0.1) is 13.5 Å². The number of para-hydroxylation sites is 1. The number of carboxylic acids is 1. The zero-order valence-electron chi connectivity index (χ0n) is 9.08. The summed E-state index contributed by atoms with van der Waals surface area (Å²) in [5, 5.41) is 12.0. The van der Waals surface area contributed by atoms with Crippen LogP contribution in [0.15, 0.2) is 28.8 Å². The molecule has 0 aliphatic rings. The van der Waals surface area contributed by atoms with Crippen molar-refractivity contribution in [2.45, 2.75) is 6.42 Å². The highest BCUT2D eigenvalue weighted by atomic mass is 16.5. The van der Waals surface area contributed by atoms with Gasteiger partial charge in [0, 0.05) is 5.56 Å². The molecule has 1 N–H and O–H groups in total. The summed E-state index contributed by atoms with van der Waals surface area (Å²) >= 11 is 0. The highest BCUT2D eigenvalue weighted by Gasteiger charge is 2.14. The molecule has 0 bridgehead atoms. The zero-order chi connectivity index (χ0) is 12.3. The van der Waals surface area contributed by atoms with Crippen molar-refractivity contribution in [2.75, 3.05) is 7.11 Å². The van der Waals surface area contributed by atoms with E-state index < -0.39 is 5.97 Å². The first-order valence-electron chi connectivity index (χ1n) is 4.88. The summed E-state index contributed by atoms with van der Waals surface area (Å²) in [5.74, 6) is -0.607. The zero-order valence-corrected chi connectivity index (χ0v) is 9.08. The molecule has 0 atom stereocenters. The normalized spacial score (nSPS) is 10.2. The van der Waals surface area contributed by atoms with Gasteiger partial charge >= 0.3 is 5.97 Å². The van der Waals surface area contributed by atoms with E-state index in [-0.39, 0.29) is 11.7 Å². The Hall–Kier alpha value is -2.37. The minimum absolute atomic E-state index is 0.243. The molecule has 1 heterocycles. The Morgan fingerprint density at radius 3 is 2.88 bits per heavy atom. The number of ether oxygens (including phenoxy) is 1. The fourth-order valence-corrected chi connectivity index (χ4v) is 1.43. The third-order valence-electron chi connectivity index (χ3n) is 2.19. The predicted octanol–water partition coefficient (Wildman–Crippen LogP) is 1.37. The van der Waals surface area contributed by atoms with Crippen LogP contribution < -0.4 is 4.74 Å². The number of hydrogen-bond donors (Lipinski definition) is 1. The quantitative estimate of drug-likeness (QED) is 0.859. The van der Waals surface area contributed by atoms with Crippen LogP contribution in [0.3, 0.4) is 0 Å². The molecule has 0 saturated heterocycles. The van der Waals surface area contributed by atoms with Crippen molar-refractivity contribution < 1.29 is 19.2 Å². The number of aromatic carboxylic acids is 1. The lowest BCUT2D eigenvalue weighted by atomic mass is 10.1. The molecule has 2 aromatic rings. The maximum Gasteiger partial charge on any atom is 0.377 e. The van der Waals surface area contributed by atoms with Gasteiger partial charge in [-0.2, -0.15) is 4.98 Å². The third kappa shape index (κ3) is 2.41. The summed E-state index contributed by atoms with van der Waals surface area (Å²) in [5.41, 5.74) is 0.857. The highest BCUT2D eigenvalue weighted by Crippen LogP contribution is 2.20. The largest absolute Gasteiger partial charge is 0.496 e. The van der Waals surface area contributed by atoms with Crippen molar-refractivity contribution in [2.24, 2.45) is 0 Å². The number of methoxy groups -OCH3 is 1. The van der Waals surface area contributed by atoms with E-state index in [1.807, 2.05) is 24.3 Å². The molecule has 0 fully saturated rings. The molecule has 1 aromatic heterocycles. The summed E-state index contributed by atoms with van der Waals surface area (Å²) in [7, 11) is 1.56. The molecule has 0 unspecified atom stereocenters.